The molecule has 0 fully saturated rings. The summed E-state index contributed by atoms with van der Waals surface area (Å²) in [5.41, 5.74) is 6.91. The van der Waals surface area contributed by atoms with E-state index in [1.807, 2.05) is 0 Å². The smallest absolute Gasteiger partial charge is 0.239 e. The van der Waals surface area contributed by atoms with E-state index in [4.69, 9.17) is 5.73 Å². The molecule has 24 heavy (non-hydrogen) atoms. The van der Waals surface area contributed by atoms with Crippen LogP contribution >= 0.6 is 23.1 Å². The minimum absolute atomic E-state index is 0.203. The topological polar surface area (TPSA) is 110 Å². The molecule has 3 rings (SSSR count). The Kier molecular flexibility index (Phi) is 4.76. The van der Waals surface area contributed by atoms with E-state index < -0.39 is 5.25 Å². The number of nitrogens with two attached hydrogens (primary N) is 1. The lowest BCUT2D eigenvalue weighted by Crippen LogP contribution is -2.22. The van der Waals surface area contributed by atoms with E-state index in [9.17, 15) is 9.18 Å². The average molecular weight is 364 g/mol. The molecule has 0 aliphatic rings. The van der Waals surface area contributed by atoms with E-state index in [-0.39, 0.29) is 17.7 Å². The van der Waals surface area contributed by atoms with Crippen LogP contribution in [0.3, 0.4) is 0 Å². The molecule has 0 radical (unpaired) electrons. The minimum Gasteiger partial charge on any atom is -0.368 e. The molecule has 7 nitrogen and oxygen atoms in total. The highest BCUT2D eigenvalue weighted by Gasteiger charge is 2.18. The van der Waals surface area contributed by atoms with Crippen LogP contribution in [-0.2, 0) is 4.79 Å². The van der Waals surface area contributed by atoms with Crippen molar-refractivity contribution in [1.29, 1.82) is 0 Å². The van der Waals surface area contributed by atoms with Crippen LogP contribution < -0.4 is 11.1 Å². The number of H-pyrrole nitrogens is 1. The number of nitrogen functional groups attached to an aromatic ring is 1. The SMILES string of the molecule is C[C@H](Sc1n[nH]c(N)n1)C(=O)Nc1nc(-c2ccc(F)cc2)cs1. The highest BCUT2D eigenvalue weighted by molar-refractivity contribution is 8.00. The first-order chi connectivity index (χ1) is 11.5. The molecule has 1 atom stereocenters. The summed E-state index contributed by atoms with van der Waals surface area (Å²) in [7, 11) is 0. The number of amides is 1. The van der Waals surface area contributed by atoms with Gasteiger partial charge in [0.1, 0.15) is 5.82 Å². The number of anilines is 2. The Morgan fingerprint density at radius 3 is 2.79 bits per heavy atom. The normalized spacial score (nSPS) is 12.1. The Hall–Kier alpha value is -2.46. The van der Waals surface area contributed by atoms with Gasteiger partial charge in [-0.1, -0.05) is 11.8 Å². The Bertz CT molecular complexity index is 847. The number of thiazole rings is 1. The molecular weight excluding hydrogens is 351 g/mol. The number of nitrogens with zero attached hydrogens (tertiary/aromatic N) is 3. The van der Waals surface area contributed by atoms with E-state index in [1.54, 1.807) is 24.4 Å². The van der Waals surface area contributed by atoms with Gasteiger partial charge in [0.2, 0.25) is 17.0 Å². The van der Waals surface area contributed by atoms with Gasteiger partial charge in [-0.25, -0.2) is 14.5 Å². The highest BCUT2D eigenvalue weighted by atomic mass is 32.2. The van der Waals surface area contributed by atoms with Gasteiger partial charge < -0.3 is 11.1 Å². The lowest BCUT2D eigenvalue weighted by molar-refractivity contribution is -0.115. The predicted molar refractivity (Wildman–Crippen MR) is 92.3 cm³/mol. The van der Waals surface area contributed by atoms with Crippen LogP contribution in [0.5, 0.6) is 0 Å². The second kappa shape index (κ2) is 6.97. The zero-order valence-corrected chi connectivity index (χ0v) is 14.1. The van der Waals surface area contributed by atoms with Crippen LogP contribution in [0.15, 0.2) is 34.8 Å². The molecule has 3 aromatic rings. The van der Waals surface area contributed by atoms with Gasteiger partial charge >= 0.3 is 0 Å². The zero-order chi connectivity index (χ0) is 17.1. The van der Waals surface area contributed by atoms with Gasteiger partial charge in [0, 0.05) is 10.9 Å². The zero-order valence-electron chi connectivity index (χ0n) is 12.5. The number of benzene rings is 1. The molecule has 0 aliphatic carbocycles. The Balaban J connectivity index is 1.63. The molecule has 2 aromatic heterocycles. The summed E-state index contributed by atoms with van der Waals surface area (Å²) in [5, 5.41) is 11.4. The molecule has 0 unspecified atom stereocenters. The van der Waals surface area contributed by atoms with Crippen molar-refractivity contribution in [3.63, 3.8) is 0 Å². The van der Waals surface area contributed by atoms with Crippen LogP contribution in [0.2, 0.25) is 0 Å². The average Bonchev–Trinajstić information content (AvgIpc) is 3.17. The van der Waals surface area contributed by atoms with Gasteiger partial charge in [0.05, 0.1) is 10.9 Å². The van der Waals surface area contributed by atoms with Crippen molar-refractivity contribution >= 4 is 40.1 Å². The molecule has 0 saturated heterocycles. The van der Waals surface area contributed by atoms with Crippen LogP contribution in [0.25, 0.3) is 11.3 Å². The first-order valence-corrected chi connectivity index (χ1v) is 8.64. The lowest BCUT2D eigenvalue weighted by Gasteiger charge is -2.07. The first-order valence-electron chi connectivity index (χ1n) is 6.88. The monoisotopic (exact) mass is 364 g/mol. The van der Waals surface area contributed by atoms with E-state index in [1.165, 1.54) is 35.2 Å². The van der Waals surface area contributed by atoms with E-state index in [2.05, 4.69) is 25.5 Å². The van der Waals surface area contributed by atoms with Crippen molar-refractivity contribution in [3.05, 3.63) is 35.5 Å². The van der Waals surface area contributed by atoms with Crippen LogP contribution in [0, 0.1) is 5.82 Å². The summed E-state index contributed by atoms with van der Waals surface area (Å²) >= 11 is 2.49. The highest BCUT2D eigenvalue weighted by Crippen LogP contribution is 2.26. The number of rotatable bonds is 5. The van der Waals surface area contributed by atoms with E-state index in [0.717, 1.165) is 5.56 Å². The fourth-order valence-electron chi connectivity index (χ4n) is 1.81. The summed E-state index contributed by atoms with van der Waals surface area (Å²) in [6.45, 7) is 1.74. The van der Waals surface area contributed by atoms with Crippen molar-refractivity contribution < 1.29 is 9.18 Å². The summed E-state index contributed by atoms with van der Waals surface area (Å²) in [6, 6.07) is 6.02. The van der Waals surface area contributed by atoms with Crippen molar-refractivity contribution in [1.82, 2.24) is 20.2 Å². The van der Waals surface area contributed by atoms with Gasteiger partial charge in [-0.05, 0) is 31.2 Å². The number of aromatic nitrogens is 4. The number of aromatic amines is 1. The summed E-state index contributed by atoms with van der Waals surface area (Å²) in [5.74, 6) is -0.321. The molecule has 0 bridgehead atoms. The molecule has 0 saturated carbocycles. The van der Waals surface area contributed by atoms with Crippen LogP contribution in [-0.4, -0.2) is 31.3 Å². The van der Waals surface area contributed by atoms with Gasteiger partial charge in [-0.3, -0.25) is 4.79 Å². The fraction of sp³-hybridized carbons (Fsp3) is 0.143. The second-order valence-electron chi connectivity index (χ2n) is 4.80. The predicted octanol–water partition coefficient (Wildman–Crippen LogP) is 2.77. The van der Waals surface area contributed by atoms with E-state index in [0.29, 0.717) is 16.0 Å². The van der Waals surface area contributed by atoms with Gasteiger partial charge in [0.25, 0.3) is 0 Å². The molecular formula is C14H13FN6OS2. The number of thioether (sulfide) groups is 1. The molecule has 2 heterocycles. The third kappa shape index (κ3) is 3.89. The van der Waals surface area contributed by atoms with E-state index >= 15 is 0 Å². The largest absolute Gasteiger partial charge is 0.368 e. The molecule has 1 aromatic carbocycles. The number of carbonyl (C=O) groups excluding carboxylic acids is 1. The Morgan fingerprint density at radius 2 is 2.12 bits per heavy atom. The number of hydrogen-bond acceptors (Lipinski definition) is 7. The van der Waals surface area contributed by atoms with Gasteiger partial charge in [-0.15, -0.1) is 16.4 Å². The first kappa shape index (κ1) is 16.4. The van der Waals surface area contributed by atoms with Crippen molar-refractivity contribution in [3.8, 4) is 11.3 Å². The maximum Gasteiger partial charge on any atom is 0.239 e. The second-order valence-corrected chi connectivity index (χ2v) is 6.96. The number of nitrogens with one attached hydrogen (secondary N) is 2. The number of halogens is 1. The summed E-state index contributed by atoms with van der Waals surface area (Å²) in [6.07, 6.45) is 0. The third-order valence-corrected chi connectivity index (χ3v) is 4.73. The molecule has 124 valence electrons. The fourth-order valence-corrected chi connectivity index (χ4v) is 3.27. The molecule has 0 aliphatic heterocycles. The maximum atomic E-state index is 13.0. The summed E-state index contributed by atoms with van der Waals surface area (Å²) < 4.78 is 13.0. The molecule has 4 N–H and O–H groups in total. The van der Waals surface area contributed by atoms with Crippen LogP contribution in [0.4, 0.5) is 15.5 Å². The third-order valence-electron chi connectivity index (χ3n) is 3.01. The summed E-state index contributed by atoms with van der Waals surface area (Å²) in [4.78, 5) is 20.5. The van der Waals surface area contributed by atoms with Gasteiger partial charge in [-0.2, -0.15) is 4.98 Å². The quantitative estimate of drug-likeness (QED) is 0.601. The maximum absolute atomic E-state index is 13.0. The molecule has 0 spiro atoms. The number of carbonyl (C=O) groups is 1. The van der Waals surface area contributed by atoms with Crippen LogP contribution in [0.1, 0.15) is 6.92 Å². The lowest BCUT2D eigenvalue weighted by atomic mass is 10.2. The standard InChI is InChI=1S/C14H13FN6OS2/c1-7(24-14-19-12(16)20-21-14)11(22)18-13-17-10(6-23-13)8-2-4-9(15)5-3-8/h2-7H,1H3,(H,17,18,22)(H3,16,19,20,21)/t7-/m0/s1. The minimum atomic E-state index is -0.418. The Morgan fingerprint density at radius 1 is 1.38 bits per heavy atom. The molecule has 1 amide bonds. The van der Waals surface area contributed by atoms with Crippen molar-refractivity contribution in [2.75, 3.05) is 11.1 Å². The van der Waals surface area contributed by atoms with Crippen molar-refractivity contribution in [2.45, 2.75) is 17.3 Å². The number of hydrogen-bond donors (Lipinski definition) is 3. The Labute approximate surface area is 144 Å². The molecule has 10 heteroatoms. The van der Waals surface area contributed by atoms with Gasteiger partial charge in [0.15, 0.2) is 5.13 Å². The van der Waals surface area contributed by atoms with Crippen molar-refractivity contribution in [2.24, 2.45) is 0 Å².